The van der Waals surface area contributed by atoms with Crippen LogP contribution in [0.2, 0.25) is 0 Å². The summed E-state index contributed by atoms with van der Waals surface area (Å²) in [6, 6.07) is 13.0. The van der Waals surface area contributed by atoms with Crippen LogP contribution in [0, 0.1) is 33.6 Å². The van der Waals surface area contributed by atoms with Crippen LogP contribution in [0.5, 0.6) is 0 Å². The van der Waals surface area contributed by atoms with Crippen LogP contribution in [0.25, 0.3) is 0 Å². The predicted octanol–water partition coefficient (Wildman–Crippen LogP) is 4.31. The van der Waals surface area contributed by atoms with E-state index < -0.39 is 0 Å². The Bertz CT molecular complexity index is 590. The Kier molecular flexibility index (Phi) is 5.19. The molecule has 0 spiro atoms. The van der Waals surface area contributed by atoms with Crippen molar-refractivity contribution >= 4 is 0 Å². The van der Waals surface area contributed by atoms with E-state index in [1.54, 1.807) is 0 Å². The van der Waals surface area contributed by atoms with E-state index >= 15 is 0 Å². The molecule has 2 aromatic carbocycles. The maximum Gasteiger partial charge on any atom is 0.0465 e. The van der Waals surface area contributed by atoms with Crippen LogP contribution in [0.1, 0.15) is 33.4 Å². The quantitative estimate of drug-likeness (QED) is 0.866. The van der Waals surface area contributed by atoms with E-state index in [2.05, 4.69) is 64.1 Å². The Morgan fingerprint density at radius 2 is 1.48 bits per heavy atom. The van der Waals surface area contributed by atoms with Gasteiger partial charge in [0.2, 0.25) is 0 Å². The van der Waals surface area contributed by atoms with Crippen LogP contribution in [0.15, 0.2) is 36.4 Å². The summed E-state index contributed by atoms with van der Waals surface area (Å²) >= 11 is 0. The first-order chi connectivity index (χ1) is 10.0. The van der Waals surface area contributed by atoms with E-state index in [1.807, 2.05) is 0 Å². The van der Waals surface area contributed by atoms with Gasteiger partial charge in [-0.15, -0.1) is 0 Å². The average Bonchev–Trinajstić information content (AvgIpc) is 2.43. The molecule has 1 unspecified atom stereocenters. The molecule has 1 N–H and O–H groups in total. The first kappa shape index (κ1) is 15.8. The van der Waals surface area contributed by atoms with Crippen LogP contribution in [-0.2, 0) is 12.8 Å². The predicted molar refractivity (Wildman–Crippen MR) is 89.8 cm³/mol. The summed E-state index contributed by atoms with van der Waals surface area (Å²) in [6.07, 6.45) is 1.89. The summed E-state index contributed by atoms with van der Waals surface area (Å²) in [6.45, 7) is 8.88. The molecule has 0 saturated heterocycles. The fraction of sp³-hybridized carbons (Fsp3) is 0.400. The minimum Gasteiger partial charge on any atom is -0.396 e. The monoisotopic (exact) mass is 282 g/mol. The molecule has 21 heavy (non-hydrogen) atoms. The van der Waals surface area contributed by atoms with Crippen molar-refractivity contribution in [1.29, 1.82) is 0 Å². The zero-order chi connectivity index (χ0) is 15.4. The minimum absolute atomic E-state index is 0.237. The highest BCUT2D eigenvalue weighted by Gasteiger charge is 2.14. The Hall–Kier alpha value is -1.60. The third kappa shape index (κ3) is 3.95. The topological polar surface area (TPSA) is 20.2 Å². The van der Waals surface area contributed by atoms with Crippen molar-refractivity contribution in [1.82, 2.24) is 0 Å². The van der Waals surface area contributed by atoms with Gasteiger partial charge < -0.3 is 5.11 Å². The molecule has 0 aliphatic heterocycles. The van der Waals surface area contributed by atoms with E-state index in [4.69, 9.17) is 0 Å². The lowest BCUT2D eigenvalue weighted by Gasteiger charge is -2.19. The van der Waals surface area contributed by atoms with Crippen LogP contribution >= 0.6 is 0 Å². The molecular formula is C20H26O. The number of aryl methyl sites for hydroxylation is 4. The zero-order valence-corrected chi connectivity index (χ0v) is 13.6. The summed E-state index contributed by atoms with van der Waals surface area (Å²) in [4.78, 5) is 0. The van der Waals surface area contributed by atoms with E-state index in [1.165, 1.54) is 33.4 Å². The smallest absolute Gasteiger partial charge is 0.0465 e. The van der Waals surface area contributed by atoms with Gasteiger partial charge >= 0.3 is 0 Å². The van der Waals surface area contributed by atoms with Crippen molar-refractivity contribution < 1.29 is 5.11 Å². The van der Waals surface area contributed by atoms with Gasteiger partial charge in [-0.3, -0.25) is 0 Å². The Morgan fingerprint density at radius 3 is 2.05 bits per heavy atom. The Labute approximate surface area is 128 Å². The highest BCUT2D eigenvalue weighted by molar-refractivity contribution is 5.38. The van der Waals surface area contributed by atoms with Crippen molar-refractivity contribution in [3.8, 4) is 0 Å². The number of benzene rings is 2. The molecule has 1 nitrogen and oxygen atoms in total. The fourth-order valence-corrected chi connectivity index (χ4v) is 3.17. The first-order valence-electron chi connectivity index (χ1n) is 7.73. The van der Waals surface area contributed by atoms with Gasteiger partial charge in [0.1, 0.15) is 0 Å². The van der Waals surface area contributed by atoms with E-state index in [0.717, 1.165) is 12.8 Å². The summed E-state index contributed by atoms with van der Waals surface area (Å²) in [7, 11) is 0. The summed E-state index contributed by atoms with van der Waals surface area (Å²) in [5.74, 6) is 0.284. The van der Waals surface area contributed by atoms with Crippen LogP contribution in [-0.4, -0.2) is 11.7 Å². The molecule has 2 aromatic rings. The summed E-state index contributed by atoms with van der Waals surface area (Å²) in [5.41, 5.74) is 8.06. The number of rotatable bonds is 5. The van der Waals surface area contributed by atoms with E-state index in [0.29, 0.717) is 0 Å². The summed E-state index contributed by atoms with van der Waals surface area (Å²) in [5, 5.41) is 9.78. The van der Waals surface area contributed by atoms with Crippen LogP contribution < -0.4 is 0 Å². The molecule has 0 bridgehead atoms. The van der Waals surface area contributed by atoms with Crippen molar-refractivity contribution in [2.45, 2.75) is 40.5 Å². The number of hydrogen-bond donors (Lipinski definition) is 1. The molecular weight excluding hydrogens is 256 g/mol. The SMILES string of the molecule is Cc1cc(C)c(CC(CO)Cc2ccccc2C)c(C)c1. The third-order valence-electron chi connectivity index (χ3n) is 4.36. The second-order valence-corrected chi connectivity index (χ2v) is 6.26. The minimum atomic E-state index is 0.237. The first-order valence-corrected chi connectivity index (χ1v) is 7.73. The van der Waals surface area contributed by atoms with Crippen molar-refractivity contribution in [2.75, 3.05) is 6.61 Å². The average molecular weight is 282 g/mol. The fourth-order valence-electron chi connectivity index (χ4n) is 3.17. The lowest BCUT2D eigenvalue weighted by atomic mass is 9.87. The number of hydrogen-bond acceptors (Lipinski definition) is 1. The normalized spacial score (nSPS) is 12.4. The lowest BCUT2D eigenvalue weighted by molar-refractivity contribution is 0.224. The molecule has 0 heterocycles. The molecule has 0 fully saturated rings. The molecule has 1 atom stereocenters. The number of aliphatic hydroxyl groups excluding tert-OH is 1. The highest BCUT2D eigenvalue weighted by atomic mass is 16.3. The van der Waals surface area contributed by atoms with Gasteiger partial charge in [0, 0.05) is 6.61 Å². The molecule has 0 amide bonds. The molecule has 0 radical (unpaired) electrons. The van der Waals surface area contributed by atoms with Crippen LogP contribution in [0.4, 0.5) is 0 Å². The molecule has 0 aliphatic rings. The highest BCUT2D eigenvalue weighted by Crippen LogP contribution is 2.23. The van der Waals surface area contributed by atoms with Gasteiger partial charge in [0.05, 0.1) is 0 Å². The maximum absolute atomic E-state index is 9.78. The second-order valence-electron chi connectivity index (χ2n) is 6.26. The molecule has 1 heteroatoms. The summed E-state index contributed by atoms with van der Waals surface area (Å²) < 4.78 is 0. The largest absolute Gasteiger partial charge is 0.396 e. The van der Waals surface area contributed by atoms with Gasteiger partial charge in [-0.25, -0.2) is 0 Å². The zero-order valence-electron chi connectivity index (χ0n) is 13.6. The third-order valence-corrected chi connectivity index (χ3v) is 4.36. The molecule has 0 aromatic heterocycles. The van der Waals surface area contributed by atoms with Gasteiger partial charge in [-0.2, -0.15) is 0 Å². The van der Waals surface area contributed by atoms with Gasteiger partial charge in [-0.05, 0) is 74.3 Å². The van der Waals surface area contributed by atoms with E-state index in [9.17, 15) is 5.11 Å². The van der Waals surface area contributed by atoms with Crippen LogP contribution in [0.3, 0.4) is 0 Å². The molecule has 0 saturated carbocycles. The molecule has 2 rings (SSSR count). The molecule has 112 valence electrons. The standard InChI is InChI=1S/C20H26O/c1-14-9-16(3)20(17(4)10-14)12-18(13-21)11-19-8-6-5-7-15(19)2/h5-10,18,21H,11-13H2,1-4H3. The molecule has 0 aliphatic carbocycles. The van der Waals surface area contributed by atoms with Gasteiger partial charge in [-0.1, -0.05) is 42.0 Å². The van der Waals surface area contributed by atoms with Crippen molar-refractivity contribution in [3.05, 3.63) is 69.8 Å². The van der Waals surface area contributed by atoms with Gasteiger partial charge in [0.25, 0.3) is 0 Å². The van der Waals surface area contributed by atoms with E-state index in [-0.39, 0.29) is 12.5 Å². The second kappa shape index (κ2) is 6.91. The van der Waals surface area contributed by atoms with Crippen molar-refractivity contribution in [3.63, 3.8) is 0 Å². The van der Waals surface area contributed by atoms with Gasteiger partial charge in [0.15, 0.2) is 0 Å². The van der Waals surface area contributed by atoms with Crippen molar-refractivity contribution in [2.24, 2.45) is 5.92 Å². The number of aliphatic hydroxyl groups is 1. The lowest BCUT2D eigenvalue weighted by Crippen LogP contribution is -2.15. The Morgan fingerprint density at radius 1 is 0.857 bits per heavy atom. The maximum atomic E-state index is 9.78. The Balaban J connectivity index is 2.19.